The van der Waals surface area contributed by atoms with Crippen LogP contribution < -0.4 is 10.6 Å². The van der Waals surface area contributed by atoms with Crippen molar-refractivity contribution in [1.29, 1.82) is 0 Å². The smallest absolute Gasteiger partial charge is 0.125 e. The van der Waals surface area contributed by atoms with E-state index in [0.29, 0.717) is 10.0 Å². The Balaban J connectivity index is 0.000000171. The highest BCUT2D eigenvalue weighted by molar-refractivity contribution is 6.31. The minimum absolute atomic E-state index is 0.268. The lowest BCUT2D eigenvalue weighted by atomic mass is 10.0. The monoisotopic (exact) mass is 450 g/mol. The molecule has 4 rings (SSSR count). The van der Waals surface area contributed by atoms with Gasteiger partial charge in [0.2, 0.25) is 0 Å². The third kappa shape index (κ3) is 7.21. The SMILES string of the molecule is Fc1cc(Cl)cc(C2=CCCNCC2)c1.Fc1cc(Cl)cc(C2=CCNCCC2)c1. The van der Waals surface area contributed by atoms with Crippen LogP contribution >= 0.6 is 23.2 Å². The predicted molar refractivity (Wildman–Crippen MR) is 123 cm³/mol. The van der Waals surface area contributed by atoms with E-state index in [1.807, 2.05) is 12.1 Å². The summed E-state index contributed by atoms with van der Waals surface area (Å²) in [4.78, 5) is 0. The number of allylic oxidation sites excluding steroid dienone is 1. The summed E-state index contributed by atoms with van der Waals surface area (Å²) in [6.07, 6.45) is 8.25. The number of nitrogens with one attached hydrogen (secondary N) is 2. The quantitative estimate of drug-likeness (QED) is 0.545. The summed E-state index contributed by atoms with van der Waals surface area (Å²) in [5.41, 5.74) is 4.18. The lowest BCUT2D eigenvalue weighted by Gasteiger charge is -2.06. The van der Waals surface area contributed by atoms with Crippen molar-refractivity contribution >= 4 is 34.3 Å². The van der Waals surface area contributed by atoms with Gasteiger partial charge in [0.25, 0.3) is 0 Å². The average Bonchev–Trinajstić information content (AvgIpc) is 3.13. The number of hydrogen-bond acceptors (Lipinski definition) is 2. The van der Waals surface area contributed by atoms with Gasteiger partial charge in [-0.05, 0) is 104 Å². The minimum Gasteiger partial charge on any atom is -0.316 e. The molecule has 6 heteroatoms. The van der Waals surface area contributed by atoms with E-state index in [9.17, 15) is 8.78 Å². The van der Waals surface area contributed by atoms with Gasteiger partial charge in [0.15, 0.2) is 0 Å². The van der Waals surface area contributed by atoms with Gasteiger partial charge in [-0.25, -0.2) is 8.78 Å². The van der Waals surface area contributed by atoms with Crippen LogP contribution in [-0.4, -0.2) is 26.2 Å². The van der Waals surface area contributed by atoms with Crippen molar-refractivity contribution in [3.05, 3.63) is 81.4 Å². The van der Waals surface area contributed by atoms with Crippen LogP contribution in [0.15, 0.2) is 48.6 Å². The Morgan fingerprint density at radius 3 is 1.93 bits per heavy atom. The molecular weight excluding hydrogens is 425 g/mol. The van der Waals surface area contributed by atoms with Gasteiger partial charge in [-0.1, -0.05) is 35.4 Å². The van der Waals surface area contributed by atoms with Crippen LogP contribution in [0.4, 0.5) is 8.78 Å². The first-order valence-corrected chi connectivity index (χ1v) is 11.0. The second kappa shape index (κ2) is 11.6. The lowest BCUT2D eigenvalue weighted by Crippen LogP contribution is -2.13. The fourth-order valence-corrected chi connectivity index (χ4v) is 4.05. The Bertz CT molecular complexity index is 809. The van der Waals surface area contributed by atoms with Crippen molar-refractivity contribution in [2.45, 2.75) is 25.7 Å². The van der Waals surface area contributed by atoms with Gasteiger partial charge in [0.1, 0.15) is 11.6 Å². The van der Waals surface area contributed by atoms with Gasteiger partial charge in [-0.15, -0.1) is 0 Å². The summed E-state index contributed by atoms with van der Waals surface area (Å²) in [6.45, 7) is 3.80. The first kappa shape index (κ1) is 23.0. The zero-order valence-corrected chi connectivity index (χ0v) is 18.3. The maximum Gasteiger partial charge on any atom is 0.125 e. The molecule has 160 valence electrons. The molecule has 0 aromatic heterocycles. The number of benzene rings is 2. The molecule has 2 aliphatic rings. The molecule has 2 nitrogen and oxygen atoms in total. The predicted octanol–water partition coefficient (Wildman–Crippen LogP) is 6.49. The maximum absolute atomic E-state index is 13.2. The normalized spacial score (nSPS) is 17.1. The summed E-state index contributed by atoms with van der Waals surface area (Å²) >= 11 is 11.7. The van der Waals surface area contributed by atoms with Crippen molar-refractivity contribution < 1.29 is 8.78 Å². The summed E-state index contributed by atoms with van der Waals surface area (Å²) in [6, 6.07) is 9.40. The summed E-state index contributed by atoms with van der Waals surface area (Å²) in [5, 5.41) is 7.49. The van der Waals surface area contributed by atoms with Crippen LogP contribution in [0.25, 0.3) is 11.1 Å². The molecular formula is C24H26Cl2F2N2. The third-order valence-electron chi connectivity index (χ3n) is 5.04. The first-order chi connectivity index (χ1) is 14.5. The molecule has 0 radical (unpaired) electrons. The van der Waals surface area contributed by atoms with Crippen LogP contribution in [0.1, 0.15) is 36.8 Å². The molecule has 2 aromatic rings. The van der Waals surface area contributed by atoms with Crippen molar-refractivity contribution in [2.24, 2.45) is 0 Å². The second-order valence-corrected chi connectivity index (χ2v) is 8.24. The molecule has 2 N–H and O–H groups in total. The molecule has 0 atom stereocenters. The highest BCUT2D eigenvalue weighted by Crippen LogP contribution is 2.25. The Morgan fingerprint density at radius 2 is 1.30 bits per heavy atom. The lowest BCUT2D eigenvalue weighted by molar-refractivity contribution is 0.627. The van der Waals surface area contributed by atoms with Gasteiger partial charge in [-0.3, -0.25) is 0 Å². The fourth-order valence-electron chi connectivity index (χ4n) is 3.60. The Hall–Kier alpha value is -1.72. The highest BCUT2D eigenvalue weighted by Gasteiger charge is 2.08. The van der Waals surface area contributed by atoms with Crippen molar-refractivity contribution in [3.8, 4) is 0 Å². The highest BCUT2D eigenvalue weighted by atomic mass is 35.5. The molecule has 0 unspecified atom stereocenters. The minimum atomic E-state index is -0.268. The average molecular weight is 451 g/mol. The van der Waals surface area contributed by atoms with Crippen molar-refractivity contribution in [3.63, 3.8) is 0 Å². The molecule has 0 bridgehead atoms. The van der Waals surface area contributed by atoms with E-state index in [0.717, 1.165) is 63.0 Å². The molecule has 0 fully saturated rings. The van der Waals surface area contributed by atoms with Gasteiger partial charge >= 0.3 is 0 Å². The zero-order valence-electron chi connectivity index (χ0n) is 16.8. The van der Waals surface area contributed by atoms with Gasteiger partial charge in [-0.2, -0.15) is 0 Å². The van der Waals surface area contributed by atoms with E-state index in [-0.39, 0.29) is 11.6 Å². The first-order valence-electron chi connectivity index (χ1n) is 10.2. The number of halogens is 4. The van der Waals surface area contributed by atoms with Crippen LogP contribution in [0.2, 0.25) is 10.0 Å². The molecule has 30 heavy (non-hydrogen) atoms. The van der Waals surface area contributed by atoms with E-state index in [1.54, 1.807) is 12.1 Å². The van der Waals surface area contributed by atoms with E-state index < -0.39 is 0 Å². The van der Waals surface area contributed by atoms with E-state index in [2.05, 4.69) is 22.8 Å². The fraction of sp³-hybridized carbons (Fsp3) is 0.333. The molecule has 0 aliphatic carbocycles. The summed E-state index contributed by atoms with van der Waals surface area (Å²) in [5.74, 6) is -0.536. The zero-order chi connectivity index (χ0) is 21.3. The number of hydrogen-bond donors (Lipinski definition) is 2. The summed E-state index contributed by atoms with van der Waals surface area (Å²) in [7, 11) is 0. The molecule has 0 saturated carbocycles. The van der Waals surface area contributed by atoms with Gasteiger partial charge in [0, 0.05) is 16.6 Å². The number of rotatable bonds is 2. The van der Waals surface area contributed by atoms with E-state index in [1.165, 1.54) is 23.3 Å². The molecule has 2 aromatic carbocycles. The van der Waals surface area contributed by atoms with Gasteiger partial charge in [0.05, 0.1) is 0 Å². The Labute approximate surface area is 187 Å². The van der Waals surface area contributed by atoms with Crippen LogP contribution in [0.5, 0.6) is 0 Å². The largest absolute Gasteiger partial charge is 0.316 e. The standard InChI is InChI=1S/2C12H13ClFN/c2*13-11-6-10(7-12(14)8-11)9-2-1-4-15-5-3-9/h3,6-8,15H,1-2,4-5H2;2,6-8,15H,1,3-5H2. The topological polar surface area (TPSA) is 24.1 Å². The third-order valence-corrected chi connectivity index (χ3v) is 5.48. The Kier molecular flexibility index (Phi) is 8.88. The van der Waals surface area contributed by atoms with Crippen LogP contribution in [-0.2, 0) is 0 Å². The van der Waals surface area contributed by atoms with E-state index >= 15 is 0 Å². The maximum atomic E-state index is 13.2. The van der Waals surface area contributed by atoms with Crippen LogP contribution in [0, 0.1) is 11.6 Å². The van der Waals surface area contributed by atoms with E-state index in [4.69, 9.17) is 23.2 Å². The Morgan fingerprint density at radius 1 is 0.667 bits per heavy atom. The molecule has 2 heterocycles. The van der Waals surface area contributed by atoms with Crippen LogP contribution in [0.3, 0.4) is 0 Å². The van der Waals surface area contributed by atoms with Crippen molar-refractivity contribution in [1.82, 2.24) is 10.6 Å². The van der Waals surface area contributed by atoms with Crippen molar-refractivity contribution in [2.75, 3.05) is 26.2 Å². The second-order valence-electron chi connectivity index (χ2n) is 7.37. The molecule has 2 aliphatic heterocycles. The molecule has 0 saturated heterocycles. The molecule has 0 amide bonds. The molecule has 0 spiro atoms. The summed E-state index contributed by atoms with van der Waals surface area (Å²) < 4.78 is 26.3. The van der Waals surface area contributed by atoms with Gasteiger partial charge < -0.3 is 10.6 Å².